The van der Waals surface area contributed by atoms with E-state index in [4.69, 9.17) is 4.74 Å². The molecular formula is C15H12F3NO. The first-order chi connectivity index (χ1) is 9.63. The first kappa shape index (κ1) is 12.8. The van der Waals surface area contributed by atoms with E-state index in [9.17, 15) is 13.2 Å². The molecule has 0 spiro atoms. The number of anilines is 1. The average molecular weight is 279 g/mol. The maximum atomic E-state index is 13.5. The molecule has 1 heterocycles. The van der Waals surface area contributed by atoms with Crippen molar-refractivity contribution in [2.24, 2.45) is 0 Å². The Bertz CT molecular complexity index is 658. The van der Waals surface area contributed by atoms with Crippen LogP contribution in [-0.4, -0.2) is 6.61 Å². The molecule has 0 saturated heterocycles. The van der Waals surface area contributed by atoms with Crippen molar-refractivity contribution in [3.8, 4) is 5.75 Å². The van der Waals surface area contributed by atoms with Crippen LogP contribution in [0.25, 0.3) is 0 Å². The number of fused-ring (bicyclic) bond motifs is 1. The van der Waals surface area contributed by atoms with E-state index < -0.39 is 17.5 Å². The van der Waals surface area contributed by atoms with Crippen molar-refractivity contribution in [3.63, 3.8) is 0 Å². The molecule has 0 unspecified atom stereocenters. The molecule has 3 rings (SSSR count). The van der Waals surface area contributed by atoms with Crippen molar-refractivity contribution in [3.05, 3.63) is 58.9 Å². The summed E-state index contributed by atoms with van der Waals surface area (Å²) in [4.78, 5) is 0. The monoisotopic (exact) mass is 279 g/mol. The van der Waals surface area contributed by atoms with Crippen LogP contribution in [0.4, 0.5) is 18.9 Å². The van der Waals surface area contributed by atoms with E-state index in [0.717, 1.165) is 29.4 Å². The highest BCUT2D eigenvalue weighted by molar-refractivity contribution is 5.47. The van der Waals surface area contributed by atoms with Gasteiger partial charge in [0.25, 0.3) is 0 Å². The number of hydrogen-bond donors (Lipinski definition) is 1. The summed E-state index contributed by atoms with van der Waals surface area (Å²) in [7, 11) is 0. The summed E-state index contributed by atoms with van der Waals surface area (Å²) in [6, 6.07) is 7.09. The van der Waals surface area contributed by atoms with Crippen LogP contribution in [0.3, 0.4) is 0 Å². The Kier molecular flexibility index (Phi) is 3.26. The van der Waals surface area contributed by atoms with E-state index in [0.29, 0.717) is 12.7 Å². The van der Waals surface area contributed by atoms with Crippen LogP contribution in [0, 0.1) is 17.5 Å². The van der Waals surface area contributed by atoms with Gasteiger partial charge < -0.3 is 10.1 Å². The normalized spacial score (nSPS) is 12.9. The van der Waals surface area contributed by atoms with Crippen LogP contribution >= 0.6 is 0 Å². The fourth-order valence-corrected chi connectivity index (χ4v) is 2.23. The molecule has 104 valence electrons. The van der Waals surface area contributed by atoms with Gasteiger partial charge in [-0.05, 0) is 17.2 Å². The van der Waals surface area contributed by atoms with Gasteiger partial charge in [-0.15, -0.1) is 0 Å². The lowest BCUT2D eigenvalue weighted by Crippen LogP contribution is -2.04. The van der Waals surface area contributed by atoms with Crippen LogP contribution < -0.4 is 10.1 Å². The predicted molar refractivity (Wildman–Crippen MR) is 69.3 cm³/mol. The maximum absolute atomic E-state index is 13.5. The van der Waals surface area contributed by atoms with Crippen molar-refractivity contribution in [2.75, 3.05) is 11.9 Å². The third-order valence-electron chi connectivity index (χ3n) is 3.23. The third kappa shape index (κ3) is 2.43. The van der Waals surface area contributed by atoms with Gasteiger partial charge in [-0.2, -0.15) is 0 Å². The summed E-state index contributed by atoms with van der Waals surface area (Å²) in [5.74, 6) is -2.23. The molecule has 2 aromatic carbocycles. The van der Waals surface area contributed by atoms with E-state index in [1.54, 1.807) is 0 Å². The molecule has 0 saturated carbocycles. The summed E-state index contributed by atoms with van der Waals surface area (Å²) in [5.41, 5.74) is 1.81. The zero-order chi connectivity index (χ0) is 14.1. The molecule has 0 atom stereocenters. The molecule has 2 nitrogen and oxygen atoms in total. The van der Waals surface area contributed by atoms with Crippen LogP contribution in [-0.2, 0) is 13.0 Å². The molecular weight excluding hydrogens is 267 g/mol. The van der Waals surface area contributed by atoms with Gasteiger partial charge >= 0.3 is 0 Å². The summed E-state index contributed by atoms with van der Waals surface area (Å²) in [5, 5.41) is 2.71. The van der Waals surface area contributed by atoms with E-state index in [2.05, 4.69) is 5.32 Å². The number of benzene rings is 2. The molecule has 2 aromatic rings. The average Bonchev–Trinajstić information content (AvgIpc) is 2.88. The summed E-state index contributed by atoms with van der Waals surface area (Å²) >= 11 is 0. The molecule has 0 aromatic heterocycles. The van der Waals surface area contributed by atoms with Gasteiger partial charge in [0, 0.05) is 25.1 Å². The van der Waals surface area contributed by atoms with Gasteiger partial charge in [-0.25, -0.2) is 13.2 Å². The van der Waals surface area contributed by atoms with E-state index in [1.165, 1.54) is 0 Å². The molecule has 0 aliphatic carbocycles. The second-order valence-corrected chi connectivity index (χ2v) is 4.64. The van der Waals surface area contributed by atoms with Crippen LogP contribution in [0.5, 0.6) is 5.75 Å². The molecule has 0 fully saturated rings. The highest BCUT2D eigenvalue weighted by Gasteiger charge is 2.13. The van der Waals surface area contributed by atoms with Crippen molar-refractivity contribution in [2.45, 2.75) is 13.0 Å². The highest BCUT2D eigenvalue weighted by Crippen LogP contribution is 2.26. The Hall–Kier alpha value is -2.17. The van der Waals surface area contributed by atoms with Crippen molar-refractivity contribution in [1.29, 1.82) is 0 Å². The van der Waals surface area contributed by atoms with Gasteiger partial charge in [0.1, 0.15) is 11.6 Å². The summed E-state index contributed by atoms with van der Waals surface area (Å²) in [6.07, 6.45) is 0.839. The molecule has 5 heteroatoms. The molecule has 0 bridgehead atoms. The number of halogens is 3. The predicted octanol–water partition coefficient (Wildman–Crippen LogP) is 3.65. The molecule has 0 amide bonds. The Labute approximate surface area is 114 Å². The van der Waals surface area contributed by atoms with Gasteiger partial charge in [0.2, 0.25) is 0 Å². The second kappa shape index (κ2) is 5.07. The van der Waals surface area contributed by atoms with E-state index in [-0.39, 0.29) is 12.2 Å². The topological polar surface area (TPSA) is 21.3 Å². The third-order valence-corrected chi connectivity index (χ3v) is 3.23. The summed E-state index contributed by atoms with van der Waals surface area (Å²) < 4.78 is 45.0. The Morgan fingerprint density at radius 2 is 1.95 bits per heavy atom. The van der Waals surface area contributed by atoms with Crippen molar-refractivity contribution in [1.82, 2.24) is 0 Å². The van der Waals surface area contributed by atoms with Crippen molar-refractivity contribution >= 4 is 5.69 Å². The van der Waals surface area contributed by atoms with Gasteiger partial charge in [0.05, 0.1) is 12.3 Å². The largest absolute Gasteiger partial charge is 0.493 e. The lowest BCUT2D eigenvalue weighted by Gasteiger charge is -2.09. The smallest absolute Gasteiger partial charge is 0.182 e. The SMILES string of the molecule is Fc1cc(F)c(F)c(NCc2ccc3c(c2)CCO3)c1. The number of ether oxygens (including phenoxy) is 1. The lowest BCUT2D eigenvalue weighted by molar-refractivity contribution is 0.357. The number of hydrogen-bond acceptors (Lipinski definition) is 2. The second-order valence-electron chi connectivity index (χ2n) is 4.64. The van der Waals surface area contributed by atoms with Crippen LogP contribution in [0.1, 0.15) is 11.1 Å². The van der Waals surface area contributed by atoms with Gasteiger partial charge in [-0.1, -0.05) is 12.1 Å². The molecule has 1 N–H and O–H groups in total. The first-order valence-corrected chi connectivity index (χ1v) is 6.26. The zero-order valence-corrected chi connectivity index (χ0v) is 10.6. The first-order valence-electron chi connectivity index (χ1n) is 6.26. The molecule has 0 radical (unpaired) electrons. The molecule has 20 heavy (non-hydrogen) atoms. The summed E-state index contributed by atoms with van der Waals surface area (Å²) in [6.45, 7) is 0.947. The van der Waals surface area contributed by atoms with E-state index >= 15 is 0 Å². The Morgan fingerprint density at radius 3 is 2.80 bits per heavy atom. The van der Waals surface area contributed by atoms with E-state index in [1.807, 2.05) is 18.2 Å². The quantitative estimate of drug-likeness (QED) is 0.866. The number of nitrogens with one attached hydrogen (secondary N) is 1. The van der Waals surface area contributed by atoms with Gasteiger partial charge in [-0.3, -0.25) is 0 Å². The fourth-order valence-electron chi connectivity index (χ4n) is 2.23. The minimum absolute atomic E-state index is 0.181. The fraction of sp³-hybridized carbons (Fsp3) is 0.200. The molecule has 1 aliphatic rings. The Morgan fingerprint density at radius 1 is 1.10 bits per heavy atom. The van der Waals surface area contributed by atoms with Crippen molar-refractivity contribution < 1.29 is 17.9 Å². The van der Waals surface area contributed by atoms with Crippen LogP contribution in [0.15, 0.2) is 30.3 Å². The van der Waals surface area contributed by atoms with Crippen LogP contribution in [0.2, 0.25) is 0 Å². The number of rotatable bonds is 3. The lowest BCUT2D eigenvalue weighted by atomic mass is 10.1. The standard InChI is InChI=1S/C15H12F3NO/c16-11-6-12(17)15(18)13(7-11)19-8-9-1-2-14-10(5-9)3-4-20-14/h1-2,5-7,19H,3-4,8H2. The highest BCUT2D eigenvalue weighted by atomic mass is 19.2. The minimum Gasteiger partial charge on any atom is -0.493 e. The minimum atomic E-state index is -1.20. The van der Waals surface area contributed by atoms with Gasteiger partial charge in [0.15, 0.2) is 11.6 Å². The molecule has 1 aliphatic heterocycles. The maximum Gasteiger partial charge on any atom is 0.182 e. The zero-order valence-electron chi connectivity index (χ0n) is 10.6. The Balaban J connectivity index is 1.77.